The second kappa shape index (κ2) is 7.97. The van der Waals surface area contributed by atoms with E-state index in [1.165, 1.54) is 18.4 Å². The largest absolute Gasteiger partial charge is 0.467 e. The number of furan rings is 1. The molecule has 2 rings (SSSR count). The lowest BCUT2D eigenvalue weighted by atomic mass is 10.3. The van der Waals surface area contributed by atoms with Gasteiger partial charge < -0.3 is 20.4 Å². The normalized spacial score (nSPS) is 10.0. The summed E-state index contributed by atoms with van der Waals surface area (Å²) < 4.78 is 5.05. The molecule has 0 radical (unpaired) electrons. The SMILES string of the molecule is O=C(CNC(=O)Nc1cc([N+](=O)[O-])ccc1Cl)NCc1ccco1. The predicted octanol–water partition coefficient (Wildman–Crippen LogP) is 2.28. The Morgan fingerprint density at radius 3 is 2.71 bits per heavy atom. The zero-order chi connectivity index (χ0) is 17.5. The highest BCUT2D eigenvalue weighted by molar-refractivity contribution is 6.33. The van der Waals surface area contributed by atoms with Crippen LogP contribution in [0.15, 0.2) is 41.0 Å². The van der Waals surface area contributed by atoms with Gasteiger partial charge in [-0.25, -0.2) is 4.79 Å². The van der Waals surface area contributed by atoms with Crippen LogP contribution in [0.25, 0.3) is 0 Å². The van der Waals surface area contributed by atoms with Crippen molar-refractivity contribution < 1.29 is 18.9 Å². The number of rotatable bonds is 6. The predicted molar refractivity (Wildman–Crippen MR) is 85.7 cm³/mol. The van der Waals surface area contributed by atoms with Crippen molar-refractivity contribution in [2.45, 2.75) is 6.54 Å². The smallest absolute Gasteiger partial charge is 0.319 e. The number of hydrogen-bond donors (Lipinski definition) is 3. The third-order valence-corrected chi connectivity index (χ3v) is 3.19. The number of nitro benzene ring substituents is 1. The third-order valence-electron chi connectivity index (χ3n) is 2.86. The molecule has 0 aliphatic rings. The van der Waals surface area contributed by atoms with Crippen molar-refractivity contribution in [3.05, 3.63) is 57.5 Å². The molecule has 1 aromatic heterocycles. The highest BCUT2D eigenvalue weighted by Gasteiger charge is 2.12. The molecule has 1 aromatic carbocycles. The molecule has 0 fully saturated rings. The third kappa shape index (κ3) is 4.99. The summed E-state index contributed by atoms with van der Waals surface area (Å²) in [7, 11) is 0. The van der Waals surface area contributed by atoms with Crippen LogP contribution >= 0.6 is 11.6 Å². The van der Waals surface area contributed by atoms with Gasteiger partial charge in [0.15, 0.2) is 0 Å². The summed E-state index contributed by atoms with van der Waals surface area (Å²) >= 11 is 5.86. The van der Waals surface area contributed by atoms with E-state index in [0.717, 1.165) is 6.07 Å². The van der Waals surface area contributed by atoms with Crippen molar-refractivity contribution in [2.75, 3.05) is 11.9 Å². The van der Waals surface area contributed by atoms with Crippen molar-refractivity contribution in [3.8, 4) is 0 Å². The number of carbonyl (C=O) groups excluding carboxylic acids is 2. The number of carbonyl (C=O) groups is 2. The van der Waals surface area contributed by atoms with Crippen LogP contribution in [0.5, 0.6) is 0 Å². The Labute approximate surface area is 141 Å². The number of non-ortho nitro benzene ring substituents is 1. The van der Waals surface area contributed by atoms with Crippen molar-refractivity contribution >= 4 is 34.9 Å². The highest BCUT2D eigenvalue weighted by atomic mass is 35.5. The Bertz CT molecular complexity index is 748. The first-order chi connectivity index (χ1) is 11.5. The zero-order valence-corrected chi connectivity index (χ0v) is 13.0. The van der Waals surface area contributed by atoms with E-state index in [1.54, 1.807) is 12.1 Å². The quantitative estimate of drug-likeness (QED) is 0.543. The summed E-state index contributed by atoms with van der Waals surface area (Å²) in [5.41, 5.74) is -0.148. The van der Waals surface area contributed by atoms with Gasteiger partial charge in [-0.3, -0.25) is 14.9 Å². The van der Waals surface area contributed by atoms with Gasteiger partial charge in [-0.2, -0.15) is 0 Å². The van der Waals surface area contributed by atoms with Gasteiger partial charge in [0.2, 0.25) is 5.91 Å². The molecule has 0 saturated heterocycles. The fourth-order valence-corrected chi connectivity index (χ4v) is 1.88. The van der Waals surface area contributed by atoms with Gasteiger partial charge in [0, 0.05) is 12.1 Å². The Morgan fingerprint density at radius 1 is 1.25 bits per heavy atom. The van der Waals surface area contributed by atoms with E-state index in [0.29, 0.717) is 5.76 Å². The number of halogens is 1. The van der Waals surface area contributed by atoms with E-state index in [9.17, 15) is 19.7 Å². The Balaban J connectivity index is 1.81. The minimum Gasteiger partial charge on any atom is -0.467 e. The molecule has 0 saturated carbocycles. The molecule has 126 valence electrons. The molecule has 2 aromatic rings. The molecule has 0 bridgehead atoms. The monoisotopic (exact) mass is 352 g/mol. The van der Waals surface area contributed by atoms with E-state index in [2.05, 4.69) is 16.0 Å². The standard InChI is InChI=1S/C14H13ClN4O5/c15-11-4-3-9(19(22)23)6-12(11)18-14(21)17-8-13(20)16-7-10-2-1-5-24-10/h1-6H,7-8H2,(H,16,20)(H2,17,18,21). The van der Waals surface area contributed by atoms with Crippen LogP contribution in [-0.2, 0) is 11.3 Å². The van der Waals surface area contributed by atoms with Gasteiger partial charge in [-0.05, 0) is 18.2 Å². The first-order valence-electron chi connectivity index (χ1n) is 6.73. The first-order valence-corrected chi connectivity index (χ1v) is 7.11. The average Bonchev–Trinajstić information content (AvgIpc) is 3.06. The van der Waals surface area contributed by atoms with Crippen LogP contribution in [0.4, 0.5) is 16.2 Å². The number of benzene rings is 1. The molecule has 0 unspecified atom stereocenters. The van der Waals surface area contributed by atoms with Crippen molar-refractivity contribution in [1.29, 1.82) is 0 Å². The average molecular weight is 353 g/mol. The van der Waals surface area contributed by atoms with Gasteiger partial charge in [0.05, 0.1) is 35.0 Å². The number of amides is 3. The van der Waals surface area contributed by atoms with Gasteiger partial charge >= 0.3 is 6.03 Å². The molecule has 0 spiro atoms. The van der Waals surface area contributed by atoms with Gasteiger partial charge in [0.25, 0.3) is 5.69 Å². The van der Waals surface area contributed by atoms with Crippen LogP contribution in [0.3, 0.4) is 0 Å². The number of nitro groups is 1. The van der Waals surface area contributed by atoms with Gasteiger partial charge in [-0.1, -0.05) is 11.6 Å². The summed E-state index contributed by atoms with van der Waals surface area (Å²) in [5, 5.41) is 18.1. The molecule has 24 heavy (non-hydrogen) atoms. The fraction of sp³-hybridized carbons (Fsp3) is 0.143. The van der Waals surface area contributed by atoms with Crippen molar-refractivity contribution in [3.63, 3.8) is 0 Å². The molecule has 0 aliphatic heterocycles. The lowest BCUT2D eigenvalue weighted by Crippen LogP contribution is -2.38. The number of urea groups is 1. The Kier molecular flexibility index (Phi) is 5.74. The molecule has 0 aliphatic carbocycles. The Hall–Kier alpha value is -3.07. The topological polar surface area (TPSA) is 127 Å². The second-order valence-electron chi connectivity index (χ2n) is 4.59. The van der Waals surface area contributed by atoms with Gasteiger partial charge in [-0.15, -0.1) is 0 Å². The fourth-order valence-electron chi connectivity index (χ4n) is 1.71. The summed E-state index contributed by atoms with van der Waals surface area (Å²) in [6, 6.07) is 6.31. The summed E-state index contributed by atoms with van der Waals surface area (Å²) in [6.45, 7) is -0.0784. The van der Waals surface area contributed by atoms with Crippen LogP contribution < -0.4 is 16.0 Å². The first kappa shape index (κ1) is 17.3. The van der Waals surface area contributed by atoms with E-state index in [-0.39, 0.29) is 29.5 Å². The maximum absolute atomic E-state index is 11.7. The van der Waals surface area contributed by atoms with Crippen molar-refractivity contribution in [2.24, 2.45) is 0 Å². The molecule has 9 nitrogen and oxygen atoms in total. The molecule has 10 heteroatoms. The molecule has 0 atom stereocenters. The van der Waals surface area contributed by atoms with E-state index >= 15 is 0 Å². The number of nitrogens with one attached hydrogen (secondary N) is 3. The molecule has 3 amide bonds. The summed E-state index contributed by atoms with van der Waals surface area (Å²) in [5.74, 6) is 0.155. The molecular formula is C14H13ClN4O5. The van der Waals surface area contributed by atoms with E-state index < -0.39 is 16.9 Å². The lowest BCUT2D eigenvalue weighted by molar-refractivity contribution is -0.384. The minimum absolute atomic E-state index is 0.0689. The lowest BCUT2D eigenvalue weighted by Gasteiger charge is -2.09. The van der Waals surface area contributed by atoms with Gasteiger partial charge in [0.1, 0.15) is 5.76 Å². The van der Waals surface area contributed by atoms with E-state index in [4.69, 9.17) is 16.0 Å². The van der Waals surface area contributed by atoms with Crippen LogP contribution in [0, 0.1) is 10.1 Å². The number of anilines is 1. The Morgan fingerprint density at radius 2 is 2.04 bits per heavy atom. The molecule has 3 N–H and O–H groups in total. The summed E-state index contributed by atoms with van der Waals surface area (Å²) in [4.78, 5) is 33.4. The van der Waals surface area contributed by atoms with Crippen LogP contribution in [-0.4, -0.2) is 23.4 Å². The number of hydrogen-bond acceptors (Lipinski definition) is 5. The summed E-state index contributed by atoms with van der Waals surface area (Å²) in [6.07, 6.45) is 1.48. The maximum atomic E-state index is 11.7. The number of nitrogens with zero attached hydrogens (tertiary/aromatic N) is 1. The maximum Gasteiger partial charge on any atom is 0.319 e. The van der Waals surface area contributed by atoms with Crippen LogP contribution in [0.1, 0.15) is 5.76 Å². The molecule has 1 heterocycles. The van der Waals surface area contributed by atoms with Crippen molar-refractivity contribution in [1.82, 2.24) is 10.6 Å². The molecular weight excluding hydrogens is 340 g/mol. The minimum atomic E-state index is -0.717. The zero-order valence-electron chi connectivity index (χ0n) is 12.2. The highest BCUT2D eigenvalue weighted by Crippen LogP contribution is 2.26. The second-order valence-corrected chi connectivity index (χ2v) is 4.99. The van der Waals surface area contributed by atoms with Crippen LogP contribution in [0.2, 0.25) is 5.02 Å². The van der Waals surface area contributed by atoms with E-state index in [1.807, 2.05) is 0 Å².